The summed E-state index contributed by atoms with van der Waals surface area (Å²) in [4.78, 5) is 11.5. The van der Waals surface area contributed by atoms with Crippen molar-refractivity contribution in [2.45, 2.75) is 45.1 Å². The highest BCUT2D eigenvalue weighted by atomic mass is 16.3. The molecule has 100 valence electrons. The van der Waals surface area contributed by atoms with E-state index in [-0.39, 0.29) is 5.91 Å². The van der Waals surface area contributed by atoms with Crippen LogP contribution >= 0.6 is 0 Å². The van der Waals surface area contributed by atoms with Gasteiger partial charge in [0.2, 0.25) is 5.91 Å². The topological polar surface area (TPSA) is 49.3 Å². The Kier molecular flexibility index (Phi) is 5.86. The van der Waals surface area contributed by atoms with Gasteiger partial charge in [-0.05, 0) is 38.7 Å². The molecule has 1 amide bonds. The van der Waals surface area contributed by atoms with Gasteiger partial charge in [0.1, 0.15) is 0 Å². The zero-order chi connectivity index (χ0) is 13.4. The lowest BCUT2D eigenvalue weighted by Crippen LogP contribution is -2.38. The second-order valence-electron chi connectivity index (χ2n) is 5.28. The molecule has 0 aliphatic carbocycles. The molecule has 2 N–H and O–H groups in total. The van der Waals surface area contributed by atoms with Gasteiger partial charge in [0, 0.05) is 13.0 Å². The lowest BCUT2D eigenvalue weighted by Gasteiger charge is -2.17. The van der Waals surface area contributed by atoms with Gasteiger partial charge in [-0.2, -0.15) is 0 Å². The van der Waals surface area contributed by atoms with Crippen molar-refractivity contribution in [3.63, 3.8) is 0 Å². The van der Waals surface area contributed by atoms with E-state index in [1.807, 2.05) is 18.2 Å². The molecule has 1 rings (SSSR count). The van der Waals surface area contributed by atoms with E-state index < -0.39 is 5.60 Å². The number of hydrogen-bond donors (Lipinski definition) is 2. The summed E-state index contributed by atoms with van der Waals surface area (Å²) in [6.07, 6.45) is 3.44. The number of rotatable bonds is 7. The van der Waals surface area contributed by atoms with Crippen molar-refractivity contribution in [3.8, 4) is 0 Å². The molecule has 0 saturated heterocycles. The van der Waals surface area contributed by atoms with E-state index in [2.05, 4.69) is 17.4 Å². The first-order valence-electron chi connectivity index (χ1n) is 6.50. The predicted octanol–water partition coefficient (Wildman–Crippen LogP) is 2.29. The third-order valence-corrected chi connectivity index (χ3v) is 2.68. The first-order valence-corrected chi connectivity index (χ1v) is 6.50. The Balaban J connectivity index is 2.09. The molecule has 0 aliphatic rings. The monoisotopic (exact) mass is 249 g/mol. The van der Waals surface area contributed by atoms with E-state index in [0.717, 1.165) is 19.3 Å². The summed E-state index contributed by atoms with van der Waals surface area (Å²) in [5.41, 5.74) is 0.481. The molecule has 0 aliphatic heterocycles. The van der Waals surface area contributed by atoms with E-state index in [1.54, 1.807) is 13.8 Å². The van der Waals surface area contributed by atoms with Crippen LogP contribution in [-0.4, -0.2) is 23.2 Å². The summed E-state index contributed by atoms with van der Waals surface area (Å²) in [7, 11) is 0. The minimum absolute atomic E-state index is 0.0187. The second kappa shape index (κ2) is 7.17. The van der Waals surface area contributed by atoms with E-state index in [0.29, 0.717) is 13.0 Å². The maximum atomic E-state index is 11.5. The van der Waals surface area contributed by atoms with Gasteiger partial charge in [0.05, 0.1) is 5.60 Å². The predicted molar refractivity (Wildman–Crippen MR) is 73.3 cm³/mol. The van der Waals surface area contributed by atoms with Gasteiger partial charge in [-0.3, -0.25) is 4.79 Å². The van der Waals surface area contributed by atoms with Crippen LogP contribution in [0.1, 0.15) is 38.7 Å². The largest absolute Gasteiger partial charge is 0.389 e. The summed E-state index contributed by atoms with van der Waals surface area (Å²) < 4.78 is 0. The Morgan fingerprint density at radius 1 is 1.22 bits per heavy atom. The van der Waals surface area contributed by atoms with E-state index in [4.69, 9.17) is 0 Å². The van der Waals surface area contributed by atoms with E-state index in [9.17, 15) is 9.90 Å². The van der Waals surface area contributed by atoms with Crippen molar-refractivity contribution in [1.29, 1.82) is 0 Å². The summed E-state index contributed by atoms with van der Waals surface area (Å²) in [5.74, 6) is 0.0187. The highest BCUT2D eigenvalue weighted by Gasteiger charge is 2.13. The molecule has 3 heteroatoms. The standard InChI is InChI=1S/C15H23NO2/c1-15(2,18)12-16-14(17)11-7-6-10-13-8-4-3-5-9-13/h3-5,8-9,18H,6-7,10-12H2,1-2H3,(H,16,17). The zero-order valence-electron chi connectivity index (χ0n) is 11.3. The molecule has 3 nitrogen and oxygen atoms in total. The number of unbranched alkanes of at least 4 members (excludes halogenated alkanes) is 1. The highest BCUT2D eigenvalue weighted by molar-refractivity contribution is 5.75. The third-order valence-electron chi connectivity index (χ3n) is 2.68. The molecule has 0 saturated carbocycles. The van der Waals surface area contributed by atoms with E-state index in [1.165, 1.54) is 5.56 Å². The molecule has 1 aromatic rings. The van der Waals surface area contributed by atoms with Crippen LogP contribution in [0.2, 0.25) is 0 Å². The number of hydrogen-bond acceptors (Lipinski definition) is 2. The van der Waals surface area contributed by atoms with Crippen LogP contribution in [0.5, 0.6) is 0 Å². The Bertz CT molecular complexity index is 355. The second-order valence-corrected chi connectivity index (χ2v) is 5.28. The highest BCUT2D eigenvalue weighted by Crippen LogP contribution is 2.06. The number of carbonyl (C=O) groups excluding carboxylic acids is 1. The molecular weight excluding hydrogens is 226 g/mol. The van der Waals surface area contributed by atoms with Crippen LogP contribution in [0.15, 0.2) is 30.3 Å². The molecule has 0 radical (unpaired) electrons. The fraction of sp³-hybridized carbons (Fsp3) is 0.533. The lowest BCUT2D eigenvalue weighted by atomic mass is 10.1. The molecule has 1 aromatic carbocycles. The fourth-order valence-electron chi connectivity index (χ4n) is 1.66. The maximum Gasteiger partial charge on any atom is 0.220 e. The normalized spacial score (nSPS) is 11.3. The van der Waals surface area contributed by atoms with Crippen molar-refractivity contribution in [2.75, 3.05) is 6.54 Å². The van der Waals surface area contributed by atoms with Crippen molar-refractivity contribution in [1.82, 2.24) is 5.32 Å². The number of aryl methyl sites for hydroxylation is 1. The lowest BCUT2D eigenvalue weighted by molar-refractivity contribution is -0.122. The Labute approximate surface area is 109 Å². The van der Waals surface area contributed by atoms with E-state index >= 15 is 0 Å². The van der Waals surface area contributed by atoms with Crippen molar-refractivity contribution >= 4 is 5.91 Å². The third kappa shape index (κ3) is 7.07. The van der Waals surface area contributed by atoms with Crippen molar-refractivity contribution in [3.05, 3.63) is 35.9 Å². The summed E-state index contributed by atoms with van der Waals surface area (Å²) >= 11 is 0. The Morgan fingerprint density at radius 2 is 1.89 bits per heavy atom. The summed E-state index contributed by atoms with van der Waals surface area (Å²) in [5, 5.41) is 12.2. The number of nitrogens with one attached hydrogen (secondary N) is 1. The molecule has 0 heterocycles. The zero-order valence-corrected chi connectivity index (χ0v) is 11.3. The van der Waals surface area contributed by atoms with Crippen molar-refractivity contribution in [2.24, 2.45) is 0 Å². The number of amides is 1. The molecular formula is C15H23NO2. The van der Waals surface area contributed by atoms with Gasteiger partial charge >= 0.3 is 0 Å². The van der Waals surface area contributed by atoms with Gasteiger partial charge in [-0.25, -0.2) is 0 Å². The van der Waals surface area contributed by atoms with Crippen LogP contribution < -0.4 is 5.32 Å². The smallest absolute Gasteiger partial charge is 0.220 e. The van der Waals surface area contributed by atoms with Gasteiger partial charge in [0.25, 0.3) is 0 Å². The first-order chi connectivity index (χ1) is 8.47. The molecule has 0 aromatic heterocycles. The average molecular weight is 249 g/mol. The fourth-order valence-corrected chi connectivity index (χ4v) is 1.66. The molecule has 0 spiro atoms. The van der Waals surface area contributed by atoms with Crippen LogP contribution in [0.4, 0.5) is 0 Å². The minimum atomic E-state index is -0.834. The van der Waals surface area contributed by atoms with Crippen molar-refractivity contribution < 1.29 is 9.90 Å². The molecule has 0 bridgehead atoms. The van der Waals surface area contributed by atoms with Gasteiger partial charge in [0.15, 0.2) is 0 Å². The number of carbonyl (C=O) groups is 1. The SMILES string of the molecule is CC(C)(O)CNC(=O)CCCCc1ccccc1. The van der Waals surface area contributed by atoms with Crippen LogP contribution in [0.3, 0.4) is 0 Å². The molecule has 0 atom stereocenters. The minimum Gasteiger partial charge on any atom is -0.389 e. The van der Waals surface area contributed by atoms with Gasteiger partial charge in [-0.1, -0.05) is 30.3 Å². The number of aliphatic hydroxyl groups is 1. The Hall–Kier alpha value is -1.35. The first kappa shape index (κ1) is 14.7. The number of benzene rings is 1. The maximum absolute atomic E-state index is 11.5. The average Bonchev–Trinajstić information content (AvgIpc) is 2.33. The van der Waals surface area contributed by atoms with Crippen LogP contribution in [0, 0.1) is 0 Å². The van der Waals surface area contributed by atoms with Gasteiger partial charge < -0.3 is 10.4 Å². The Morgan fingerprint density at radius 3 is 2.50 bits per heavy atom. The van der Waals surface area contributed by atoms with Gasteiger partial charge in [-0.15, -0.1) is 0 Å². The van der Waals surface area contributed by atoms with Crippen LogP contribution in [-0.2, 0) is 11.2 Å². The molecule has 0 fully saturated rings. The molecule has 18 heavy (non-hydrogen) atoms. The van der Waals surface area contributed by atoms with Crippen LogP contribution in [0.25, 0.3) is 0 Å². The molecule has 0 unspecified atom stereocenters. The summed E-state index contributed by atoms with van der Waals surface area (Å²) in [6.45, 7) is 3.68. The quantitative estimate of drug-likeness (QED) is 0.728. The summed E-state index contributed by atoms with van der Waals surface area (Å²) in [6, 6.07) is 10.3.